The molecule has 0 aliphatic rings. The molecule has 0 aliphatic carbocycles. The summed E-state index contributed by atoms with van der Waals surface area (Å²) in [6.07, 6.45) is 11.0. The minimum atomic E-state index is -0.799. The molecule has 0 aromatic heterocycles. The SMILES string of the molecule is CC(O)CCCC=CCC=CCC(=O)O. The molecule has 0 heterocycles. The van der Waals surface area contributed by atoms with Crippen LogP contribution in [0.1, 0.15) is 39.0 Å². The Morgan fingerprint density at radius 3 is 2.53 bits per heavy atom. The second-order valence-corrected chi connectivity index (χ2v) is 3.56. The zero-order valence-electron chi connectivity index (χ0n) is 9.22. The van der Waals surface area contributed by atoms with Crippen LogP contribution in [0.25, 0.3) is 0 Å². The van der Waals surface area contributed by atoms with Crippen molar-refractivity contribution in [2.45, 2.75) is 45.1 Å². The number of aliphatic hydroxyl groups excluding tert-OH is 1. The standard InChI is InChI=1S/C12H20O3/c1-11(13)9-7-5-3-2-4-6-8-10-12(14)15/h2-3,6,8,11,13H,4-5,7,9-10H2,1H3,(H,14,15). The fraction of sp³-hybridized carbons (Fsp3) is 0.583. The van der Waals surface area contributed by atoms with Crippen molar-refractivity contribution in [2.75, 3.05) is 0 Å². The Morgan fingerprint density at radius 1 is 1.27 bits per heavy atom. The topological polar surface area (TPSA) is 57.5 Å². The van der Waals surface area contributed by atoms with Crippen molar-refractivity contribution in [1.29, 1.82) is 0 Å². The van der Waals surface area contributed by atoms with Crippen molar-refractivity contribution in [2.24, 2.45) is 0 Å². The van der Waals surface area contributed by atoms with Crippen molar-refractivity contribution in [3.8, 4) is 0 Å². The summed E-state index contributed by atoms with van der Waals surface area (Å²) in [6, 6.07) is 0. The second-order valence-electron chi connectivity index (χ2n) is 3.56. The molecule has 0 bridgehead atoms. The lowest BCUT2D eigenvalue weighted by Crippen LogP contribution is -1.97. The number of aliphatic carboxylic acids is 1. The van der Waals surface area contributed by atoms with Crippen LogP contribution < -0.4 is 0 Å². The predicted molar refractivity (Wildman–Crippen MR) is 60.7 cm³/mol. The van der Waals surface area contributed by atoms with Crippen molar-refractivity contribution in [1.82, 2.24) is 0 Å². The van der Waals surface area contributed by atoms with Crippen LogP contribution in [0, 0.1) is 0 Å². The first-order chi connectivity index (χ1) is 7.13. The van der Waals surface area contributed by atoms with Gasteiger partial charge in [0, 0.05) is 0 Å². The van der Waals surface area contributed by atoms with Crippen molar-refractivity contribution >= 4 is 5.97 Å². The van der Waals surface area contributed by atoms with Gasteiger partial charge in [0.1, 0.15) is 0 Å². The van der Waals surface area contributed by atoms with Gasteiger partial charge in [-0.25, -0.2) is 0 Å². The number of hydrogen-bond acceptors (Lipinski definition) is 2. The van der Waals surface area contributed by atoms with Crippen molar-refractivity contribution in [3.05, 3.63) is 24.3 Å². The third-order valence-corrected chi connectivity index (χ3v) is 1.89. The summed E-state index contributed by atoms with van der Waals surface area (Å²) in [5.74, 6) is -0.799. The van der Waals surface area contributed by atoms with Crippen LogP contribution in [0.4, 0.5) is 0 Å². The number of unbranched alkanes of at least 4 members (excludes halogenated alkanes) is 1. The van der Waals surface area contributed by atoms with Gasteiger partial charge in [-0.2, -0.15) is 0 Å². The first-order valence-electron chi connectivity index (χ1n) is 5.32. The van der Waals surface area contributed by atoms with Gasteiger partial charge in [0.05, 0.1) is 12.5 Å². The highest BCUT2D eigenvalue weighted by atomic mass is 16.4. The van der Waals surface area contributed by atoms with Crippen LogP contribution in [0.3, 0.4) is 0 Å². The average molecular weight is 212 g/mol. The van der Waals surface area contributed by atoms with Crippen LogP contribution in [0.15, 0.2) is 24.3 Å². The summed E-state index contributed by atoms with van der Waals surface area (Å²) in [5, 5.41) is 17.3. The summed E-state index contributed by atoms with van der Waals surface area (Å²) in [6.45, 7) is 1.79. The van der Waals surface area contributed by atoms with E-state index in [1.807, 2.05) is 12.2 Å². The average Bonchev–Trinajstić information content (AvgIpc) is 2.14. The zero-order valence-corrected chi connectivity index (χ0v) is 9.22. The van der Waals surface area contributed by atoms with Crippen LogP contribution in [-0.2, 0) is 4.79 Å². The maximum atomic E-state index is 10.1. The molecule has 1 unspecified atom stereocenters. The summed E-state index contributed by atoms with van der Waals surface area (Å²) < 4.78 is 0. The minimum Gasteiger partial charge on any atom is -0.481 e. The Hall–Kier alpha value is -1.09. The third kappa shape index (κ3) is 12.9. The number of rotatable bonds is 8. The van der Waals surface area contributed by atoms with Gasteiger partial charge in [-0.3, -0.25) is 4.79 Å². The molecule has 0 rings (SSSR count). The molecule has 3 heteroatoms. The number of hydrogen-bond donors (Lipinski definition) is 2. The van der Waals surface area contributed by atoms with E-state index in [9.17, 15) is 4.79 Å². The minimum absolute atomic E-state index is 0.0931. The fourth-order valence-electron chi connectivity index (χ4n) is 1.10. The van der Waals surface area contributed by atoms with Crippen molar-refractivity contribution in [3.63, 3.8) is 0 Å². The van der Waals surface area contributed by atoms with Crippen LogP contribution in [0.5, 0.6) is 0 Å². The molecule has 0 saturated heterocycles. The lowest BCUT2D eigenvalue weighted by atomic mass is 10.1. The first kappa shape index (κ1) is 13.9. The van der Waals surface area contributed by atoms with E-state index in [2.05, 4.69) is 6.08 Å². The monoisotopic (exact) mass is 212 g/mol. The summed E-state index contributed by atoms with van der Waals surface area (Å²) in [7, 11) is 0. The quantitative estimate of drug-likeness (QED) is 0.480. The zero-order chi connectivity index (χ0) is 11.5. The lowest BCUT2D eigenvalue weighted by Gasteiger charge is -1.99. The summed E-state index contributed by atoms with van der Waals surface area (Å²) >= 11 is 0. The van der Waals surface area contributed by atoms with Crippen LogP contribution in [0.2, 0.25) is 0 Å². The van der Waals surface area contributed by atoms with E-state index >= 15 is 0 Å². The largest absolute Gasteiger partial charge is 0.481 e. The van der Waals surface area contributed by atoms with Gasteiger partial charge >= 0.3 is 5.97 Å². The molecule has 2 N–H and O–H groups in total. The van der Waals surface area contributed by atoms with Gasteiger partial charge in [-0.1, -0.05) is 24.3 Å². The van der Waals surface area contributed by atoms with E-state index in [0.29, 0.717) is 0 Å². The maximum absolute atomic E-state index is 10.1. The highest BCUT2D eigenvalue weighted by Gasteiger charge is 1.92. The Morgan fingerprint density at radius 2 is 1.93 bits per heavy atom. The summed E-state index contributed by atoms with van der Waals surface area (Å²) in [5.41, 5.74) is 0. The summed E-state index contributed by atoms with van der Waals surface area (Å²) in [4.78, 5) is 10.1. The molecule has 86 valence electrons. The highest BCUT2D eigenvalue weighted by molar-refractivity contribution is 5.68. The van der Waals surface area contributed by atoms with Gasteiger partial charge in [0.2, 0.25) is 0 Å². The molecule has 1 atom stereocenters. The Bertz CT molecular complexity index is 217. The van der Waals surface area contributed by atoms with Gasteiger partial charge < -0.3 is 10.2 Å². The number of carbonyl (C=O) groups is 1. The molecule has 0 fully saturated rings. The molecule has 0 amide bonds. The maximum Gasteiger partial charge on any atom is 0.307 e. The molecular formula is C12H20O3. The van der Waals surface area contributed by atoms with E-state index in [-0.39, 0.29) is 12.5 Å². The number of carboxylic acids is 1. The normalized spacial score (nSPS) is 13.7. The highest BCUT2D eigenvalue weighted by Crippen LogP contribution is 2.01. The number of allylic oxidation sites excluding steroid dienone is 3. The Labute approximate surface area is 91.1 Å². The van der Waals surface area contributed by atoms with Gasteiger partial charge in [0.15, 0.2) is 0 Å². The van der Waals surface area contributed by atoms with E-state index in [1.165, 1.54) is 0 Å². The molecule has 0 aliphatic heterocycles. The molecule has 3 nitrogen and oxygen atoms in total. The van der Waals surface area contributed by atoms with Crippen LogP contribution >= 0.6 is 0 Å². The predicted octanol–water partition coefficient (Wildman–Crippen LogP) is 2.51. The van der Waals surface area contributed by atoms with Gasteiger partial charge in [-0.05, 0) is 32.6 Å². The second kappa shape index (κ2) is 9.46. The van der Waals surface area contributed by atoms with Crippen LogP contribution in [-0.4, -0.2) is 22.3 Å². The molecule has 0 aromatic carbocycles. The van der Waals surface area contributed by atoms with E-state index in [4.69, 9.17) is 10.2 Å². The van der Waals surface area contributed by atoms with Gasteiger partial charge in [-0.15, -0.1) is 0 Å². The van der Waals surface area contributed by atoms with Gasteiger partial charge in [0.25, 0.3) is 0 Å². The number of aliphatic hydroxyl groups is 1. The molecule has 0 radical (unpaired) electrons. The molecule has 15 heavy (non-hydrogen) atoms. The fourth-order valence-corrected chi connectivity index (χ4v) is 1.10. The Balaban J connectivity index is 3.31. The van der Waals surface area contributed by atoms with E-state index in [1.54, 1.807) is 13.0 Å². The molecule has 0 saturated carbocycles. The van der Waals surface area contributed by atoms with E-state index < -0.39 is 5.97 Å². The van der Waals surface area contributed by atoms with Crippen molar-refractivity contribution < 1.29 is 15.0 Å². The first-order valence-corrected chi connectivity index (χ1v) is 5.32. The smallest absolute Gasteiger partial charge is 0.307 e. The molecule has 0 spiro atoms. The third-order valence-electron chi connectivity index (χ3n) is 1.89. The van der Waals surface area contributed by atoms with E-state index in [0.717, 1.165) is 25.7 Å². The molecule has 0 aromatic rings. The molecular weight excluding hydrogens is 192 g/mol. The lowest BCUT2D eigenvalue weighted by molar-refractivity contribution is -0.136. The Kier molecular flexibility index (Phi) is 8.78. The number of carboxylic acid groups (broad SMARTS) is 1.